The zero-order valence-electron chi connectivity index (χ0n) is 12.7. The van der Waals surface area contributed by atoms with Gasteiger partial charge >= 0.3 is 0 Å². The van der Waals surface area contributed by atoms with Gasteiger partial charge in [0.2, 0.25) is 0 Å². The van der Waals surface area contributed by atoms with E-state index in [1.165, 1.54) is 0 Å². The van der Waals surface area contributed by atoms with Crippen molar-refractivity contribution in [1.82, 2.24) is 0 Å². The first kappa shape index (κ1) is 16.7. The Labute approximate surface area is 109 Å². The van der Waals surface area contributed by atoms with Crippen LogP contribution in [-0.2, 0) is 0 Å². The molecule has 0 unspecified atom stereocenters. The molecule has 0 spiro atoms. The average molecular weight is 254 g/mol. The van der Waals surface area contributed by atoms with E-state index in [4.69, 9.17) is 5.11 Å². The highest BCUT2D eigenvalue weighted by atomic mass is 28.3. The molecule has 100 valence electrons. The third kappa shape index (κ3) is 4.15. The molecule has 0 aromatic rings. The lowest BCUT2D eigenvalue weighted by Gasteiger charge is -2.38. The van der Waals surface area contributed by atoms with Crippen LogP contribution in [0.1, 0.15) is 54.9 Å². The van der Waals surface area contributed by atoms with Gasteiger partial charge in [-0.3, -0.25) is 0 Å². The second-order valence-electron chi connectivity index (χ2n) is 6.19. The van der Waals surface area contributed by atoms with Gasteiger partial charge in [0, 0.05) is 13.0 Å². The Kier molecular flexibility index (Phi) is 7.12. The van der Waals surface area contributed by atoms with Gasteiger partial charge in [-0.05, 0) is 22.5 Å². The maximum Gasteiger partial charge on any atom is 0.145 e. The van der Waals surface area contributed by atoms with Crippen molar-refractivity contribution in [1.29, 1.82) is 0 Å². The monoisotopic (exact) mass is 254 g/mol. The molecule has 0 aromatic heterocycles. The van der Waals surface area contributed by atoms with Gasteiger partial charge in [-0.2, -0.15) is 0 Å². The second kappa shape index (κ2) is 7.23. The summed E-state index contributed by atoms with van der Waals surface area (Å²) >= 11 is 0. The molecule has 0 saturated carbocycles. The van der Waals surface area contributed by atoms with E-state index in [2.05, 4.69) is 59.9 Å². The largest absolute Gasteiger partial charge is 0.396 e. The van der Waals surface area contributed by atoms with Crippen molar-refractivity contribution in [2.24, 2.45) is 5.92 Å². The molecule has 1 N–H and O–H groups in total. The Morgan fingerprint density at radius 2 is 1.29 bits per heavy atom. The number of aliphatic hydroxyl groups is 1. The molecule has 2 heteroatoms. The van der Waals surface area contributed by atoms with Crippen LogP contribution in [0.25, 0.3) is 0 Å². The van der Waals surface area contributed by atoms with Crippen molar-refractivity contribution in [2.45, 2.75) is 71.5 Å². The topological polar surface area (TPSA) is 20.2 Å². The zero-order valence-corrected chi connectivity index (χ0v) is 13.7. The Hall–Kier alpha value is -0.263. The van der Waals surface area contributed by atoms with Crippen LogP contribution in [0.15, 0.2) is 0 Å². The molecule has 0 bridgehead atoms. The number of hydrogen-bond acceptors (Lipinski definition) is 1. The molecule has 0 heterocycles. The summed E-state index contributed by atoms with van der Waals surface area (Å²) in [6, 6.07) is 0. The van der Waals surface area contributed by atoms with E-state index in [0.717, 1.165) is 6.42 Å². The Morgan fingerprint density at radius 3 is 1.59 bits per heavy atom. The predicted molar refractivity (Wildman–Crippen MR) is 79.7 cm³/mol. The third-order valence-corrected chi connectivity index (χ3v) is 10.3. The van der Waals surface area contributed by atoms with E-state index < -0.39 is 8.07 Å². The molecule has 0 aromatic carbocycles. The van der Waals surface area contributed by atoms with Crippen molar-refractivity contribution in [3.63, 3.8) is 0 Å². The van der Waals surface area contributed by atoms with Crippen LogP contribution in [0.3, 0.4) is 0 Å². The van der Waals surface area contributed by atoms with Crippen molar-refractivity contribution >= 4 is 8.07 Å². The van der Waals surface area contributed by atoms with Gasteiger partial charge in [0.05, 0.1) is 0 Å². The van der Waals surface area contributed by atoms with E-state index in [1.54, 1.807) is 0 Å². The van der Waals surface area contributed by atoms with Gasteiger partial charge in [0.15, 0.2) is 0 Å². The van der Waals surface area contributed by atoms with Gasteiger partial charge in [-0.25, -0.2) is 0 Å². The molecule has 0 aliphatic rings. The van der Waals surface area contributed by atoms with Crippen molar-refractivity contribution in [3.05, 3.63) is 0 Å². The smallest absolute Gasteiger partial charge is 0.145 e. The van der Waals surface area contributed by atoms with E-state index in [1.807, 2.05) is 0 Å². The average Bonchev–Trinajstić information content (AvgIpc) is 2.22. The van der Waals surface area contributed by atoms with E-state index in [0.29, 0.717) is 22.5 Å². The molecule has 0 rings (SSSR count). The summed E-state index contributed by atoms with van der Waals surface area (Å²) in [5.41, 5.74) is 5.76. The second-order valence-corrected chi connectivity index (χ2v) is 11.8. The van der Waals surface area contributed by atoms with Crippen LogP contribution in [0.2, 0.25) is 16.6 Å². The summed E-state index contributed by atoms with van der Waals surface area (Å²) in [7, 11) is -1.55. The summed E-state index contributed by atoms with van der Waals surface area (Å²) in [6.45, 7) is 16.3. The molecule has 0 aliphatic carbocycles. The molecule has 0 aliphatic heterocycles. The quantitative estimate of drug-likeness (QED) is 0.575. The highest BCUT2D eigenvalue weighted by Gasteiger charge is 2.41. The highest BCUT2D eigenvalue weighted by Crippen LogP contribution is 2.40. The normalized spacial score (nSPS) is 14.1. The minimum atomic E-state index is -1.55. The number of aliphatic hydroxyl groups excluding tert-OH is 1. The standard InChI is InChI=1S/C15H30OSi/c1-12(2)17(13(3)4,14(5)6)10-8-9-15(7)11-16/h12-16H,9,11H2,1-7H3/t15-/m0/s1. The first-order chi connectivity index (χ1) is 7.78. The number of hydrogen-bond donors (Lipinski definition) is 1. The van der Waals surface area contributed by atoms with Crippen molar-refractivity contribution in [2.75, 3.05) is 6.61 Å². The Balaban J connectivity index is 5.05. The lowest BCUT2D eigenvalue weighted by molar-refractivity contribution is 0.240. The minimum absolute atomic E-state index is 0.244. The lowest BCUT2D eigenvalue weighted by atomic mass is 10.1. The van der Waals surface area contributed by atoms with Gasteiger partial charge in [0.1, 0.15) is 8.07 Å². The molecular weight excluding hydrogens is 224 g/mol. The van der Waals surface area contributed by atoms with Crippen LogP contribution >= 0.6 is 0 Å². The molecule has 0 fully saturated rings. The van der Waals surface area contributed by atoms with Crippen LogP contribution in [-0.4, -0.2) is 19.8 Å². The van der Waals surface area contributed by atoms with Crippen LogP contribution < -0.4 is 0 Å². The van der Waals surface area contributed by atoms with Gasteiger partial charge in [-0.15, -0.1) is 11.5 Å². The van der Waals surface area contributed by atoms with Crippen LogP contribution in [0.4, 0.5) is 0 Å². The predicted octanol–water partition coefficient (Wildman–Crippen LogP) is 4.23. The third-order valence-electron chi connectivity index (χ3n) is 3.93. The summed E-state index contributed by atoms with van der Waals surface area (Å²) in [4.78, 5) is 0. The van der Waals surface area contributed by atoms with Gasteiger partial charge in [0.25, 0.3) is 0 Å². The maximum atomic E-state index is 9.04. The fourth-order valence-electron chi connectivity index (χ4n) is 2.88. The highest BCUT2D eigenvalue weighted by molar-refractivity contribution is 6.90. The fourth-order valence-corrected chi connectivity index (χ4v) is 8.15. The fraction of sp³-hybridized carbons (Fsp3) is 0.867. The number of rotatable bonds is 5. The maximum absolute atomic E-state index is 9.04. The van der Waals surface area contributed by atoms with Crippen LogP contribution in [0.5, 0.6) is 0 Å². The SMILES string of the molecule is CC(C)[Si](C#CC[C@H](C)CO)(C(C)C)C(C)C. The van der Waals surface area contributed by atoms with E-state index in [-0.39, 0.29) is 6.61 Å². The summed E-state index contributed by atoms with van der Waals surface area (Å²) in [5, 5.41) is 9.04. The first-order valence-electron chi connectivity index (χ1n) is 6.89. The zero-order chi connectivity index (χ0) is 13.6. The molecule has 0 amide bonds. The van der Waals surface area contributed by atoms with Gasteiger partial charge < -0.3 is 5.11 Å². The summed E-state index contributed by atoms with van der Waals surface area (Å²) in [5.74, 6) is 3.68. The summed E-state index contributed by atoms with van der Waals surface area (Å²) < 4.78 is 0. The molecule has 0 radical (unpaired) electrons. The van der Waals surface area contributed by atoms with E-state index >= 15 is 0 Å². The molecule has 0 saturated heterocycles. The van der Waals surface area contributed by atoms with E-state index in [9.17, 15) is 0 Å². The first-order valence-corrected chi connectivity index (χ1v) is 9.13. The lowest BCUT2D eigenvalue weighted by Crippen LogP contribution is -2.43. The Morgan fingerprint density at radius 1 is 0.882 bits per heavy atom. The Bertz CT molecular complexity index is 249. The molecule has 1 nitrogen and oxygen atoms in total. The van der Waals surface area contributed by atoms with Crippen LogP contribution in [0, 0.1) is 17.4 Å². The van der Waals surface area contributed by atoms with Gasteiger partial charge in [-0.1, -0.05) is 48.5 Å². The molecule has 1 atom stereocenters. The minimum Gasteiger partial charge on any atom is -0.396 e. The van der Waals surface area contributed by atoms with Crippen molar-refractivity contribution < 1.29 is 5.11 Å². The molecular formula is C15H30OSi. The summed E-state index contributed by atoms with van der Waals surface area (Å²) in [6.07, 6.45) is 0.831. The van der Waals surface area contributed by atoms with Crippen molar-refractivity contribution in [3.8, 4) is 11.5 Å². The molecule has 17 heavy (non-hydrogen) atoms.